The van der Waals surface area contributed by atoms with Crippen LogP contribution in [0.25, 0.3) is 0 Å². The molecule has 0 aliphatic carbocycles. The number of halogens is 3. The van der Waals surface area contributed by atoms with Gasteiger partial charge < -0.3 is 10.6 Å². The summed E-state index contributed by atoms with van der Waals surface area (Å²) in [6.45, 7) is 3.78. The molecule has 2 N–H and O–H groups in total. The van der Waals surface area contributed by atoms with Crippen LogP contribution in [0, 0.1) is 11.6 Å². The summed E-state index contributed by atoms with van der Waals surface area (Å²) in [6, 6.07) is 1.39. The van der Waals surface area contributed by atoms with Gasteiger partial charge in [0, 0.05) is 19.0 Å². The molecular formula is C13H15ClF2N2OS. The van der Waals surface area contributed by atoms with Crippen molar-refractivity contribution in [2.45, 2.75) is 26.3 Å². The second-order valence-electron chi connectivity index (χ2n) is 4.55. The number of amides is 1. The quantitative estimate of drug-likeness (QED) is 0.669. The SMILES string of the molecule is CC(C)N(CCC(N)=S)C(=O)c1cc(F)c(Cl)cc1F. The molecule has 1 aromatic rings. The maximum absolute atomic E-state index is 13.8. The van der Waals surface area contributed by atoms with Crippen molar-refractivity contribution in [3.63, 3.8) is 0 Å². The van der Waals surface area contributed by atoms with E-state index in [0.717, 1.165) is 12.1 Å². The molecule has 0 fully saturated rings. The summed E-state index contributed by atoms with van der Waals surface area (Å²) in [7, 11) is 0. The number of nitrogens with two attached hydrogens (primary N) is 1. The molecule has 1 amide bonds. The number of hydrogen-bond acceptors (Lipinski definition) is 2. The van der Waals surface area contributed by atoms with Crippen molar-refractivity contribution in [1.82, 2.24) is 4.90 Å². The molecule has 0 aliphatic rings. The molecule has 0 bridgehead atoms. The van der Waals surface area contributed by atoms with Gasteiger partial charge in [0.05, 0.1) is 15.6 Å². The summed E-state index contributed by atoms with van der Waals surface area (Å²) in [6.07, 6.45) is 0.316. The first-order valence-electron chi connectivity index (χ1n) is 5.97. The minimum Gasteiger partial charge on any atom is -0.393 e. The van der Waals surface area contributed by atoms with E-state index >= 15 is 0 Å². The van der Waals surface area contributed by atoms with Crippen molar-refractivity contribution < 1.29 is 13.6 Å². The van der Waals surface area contributed by atoms with E-state index in [1.165, 1.54) is 4.90 Å². The molecule has 0 spiro atoms. The highest BCUT2D eigenvalue weighted by Crippen LogP contribution is 2.21. The zero-order chi connectivity index (χ0) is 15.4. The van der Waals surface area contributed by atoms with Crippen LogP contribution >= 0.6 is 23.8 Å². The second-order valence-corrected chi connectivity index (χ2v) is 5.49. The van der Waals surface area contributed by atoms with Gasteiger partial charge in [0.1, 0.15) is 11.6 Å². The lowest BCUT2D eigenvalue weighted by Crippen LogP contribution is -2.39. The monoisotopic (exact) mass is 320 g/mol. The summed E-state index contributed by atoms with van der Waals surface area (Å²) in [4.78, 5) is 13.9. The largest absolute Gasteiger partial charge is 0.393 e. The molecule has 0 unspecified atom stereocenters. The van der Waals surface area contributed by atoms with E-state index in [-0.39, 0.29) is 28.2 Å². The Hall–Kier alpha value is -1.27. The van der Waals surface area contributed by atoms with Gasteiger partial charge in [-0.3, -0.25) is 4.79 Å². The van der Waals surface area contributed by atoms with Crippen LogP contribution in [0.15, 0.2) is 12.1 Å². The summed E-state index contributed by atoms with van der Waals surface area (Å²) < 4.78 is 27.1. The van der Waals surface area contributed by atoms with Crippen LogP contribution in [0.1, 0.15) is 30.6 Å². The number of carbonyl (C=O) groups is 1. The Morgan fingerprint density at radius 1 is 1.40 bits per heavy atom. The van der Waals surface area contributed by atoms with Crippen LogP contribution in [0.3, 0.4) is 0 Å². The summed E-state index contributed by atoms with van der Waals surface area (Å²) in [5.41, 5.74) is 5.04. The van der Waals surface area contributed by atoms with Gasteiger partial charge in [0.25, 0.3) is 5.91 Å². The van der Waals surface area contributed by atoms with Crippen LogP contribution in [-0.4, -0.2) is 28.4 Å². The Kier molecular flexibility index (Phi) is 5.83. The molecule has 0 saturated carbocycles. The Morgan fingerprint density at radius 3 is 2.50 bits per heavy atom. The molecule has 0 aliphatic heterocycles. The molecule has 1 rings (SSSR count). The number of thiocarbonyl (C=S) groups is 1. The molecule has 7 heteroatoms. The predicted octanol–water partition coefficient (Wildman–Crippen LogP) is 3.15. The molecule has 110 valence electrons. The molecule has 0 heterocycles. The summed E-state index contributed by atoms with van der Waals surface area (Å²) in [5, 5.41) is -0.363. The Balaban J connectivity index is 3.06. The third-order valence-electron chi connectivity index (χ3n) is 2.72. The number of carbonyl (C=O) groups excluding carboxylic acids is 1. The maximum atomic E-state index is 13.8. The van der Waals surface area contributed by atoms with E-state index in [9.17, 15) is 13.6 Å². The van der Waals surface area contributed by atoms with E-state index < -0.39 is 17.5 Å². The van der Waals surface area contributed by atoms with Crippen molar-refractivity contribution in [3.8, 4) is 0 Å². The van der Waals surface area contributed by atoms with Gasteiger partial charge in [-0.05, 0) is 26.0 Å². The van der Waals surface area contributed by atoms with Crippen molar-refractivity contribution in [3.05, 3.63) is 34.4 Å². The Labute approximate surface area is 126 Å². The molecule has 20 heavy (non-hydrogen) atoms. The summed E-state index contributed by atoms with van der Waals surface area (Å²) in [5.74, 6) is -2.32. The zero-order valence-electron chi connectivity index (χ0n) is 11.1. The highest BCUT2D eigenvalue weighted by atomic mass is 35.5. The minimum absolute atomic E-state index is 0.199. The van der Waals surface area contributed by atoms with Crippen LogP contribution in [0.5, 0.6) is 0 Å². The Bertz CT molecular complexity index is 537. The number of benzene rings is 1. The lowest BCUT2D eigenvalue weighted by Gasteiger charge is -2.27. The van der Waals surface area contributed by atoms with Gasteiger partial charge in [-0.2, -0.15) is 0 Å². The fourth-order valence-electron chi connectivity index (χ4n) is 1.67. The molecular weight excluding hydrogens is 306 g/mol. The molecule has 1 aromatic carbocycles. The highest BCUT2D eigenvalue weighted by Gasteiger charge is 2.23. The van der Waals surface area contributed by atoms with E-state index in [1.54, 1.807) is 13.8 Å². The van der Waals surface area contributed by atoms with E-state index in [4.69, 9.17) is 29.6 Å². The first-order valence-corrected chi connectivity index (χ1v) is 6.76. The molecule has 0 aromatic heterocycles. The van der Waals surface area contributed by atoms with Crippen LogP contribution in [0.2, 0.25) is 5.02 Å². The first-order chi connectivity index (χ1) is 9.23. The number of rotatable bonds is 5. The van der Waals surface area contributed by atoms with Gasteiger partial charge in [0.15, 0.2) is 0 Å². The lowest BCUT2D eigenvalue weighted by atomic mass is 10.1. The first kappa shape index (κ1) is 16.8. The van der Waals surface area contributed by atoms with Crippen molar-refractivity contribution in [2.24, 2.45) is 5.73 Å². The van der Waals surface area contributed by atoms with Crippen LogP contribution in [-0.2, 0) is 0 Å². The van der Waals surface area contributed by atoms with Crippen LogP contribution < -0.4 is 5.73 Å². The van der Waals surface area contributed by atoms with Crippen molar-refractivity contribution in [1.29, 1.82) is 0 Å². The van der Waals surface area contributed by atoms with E-state index in [1.807, 2.05) is 0 Å². The fraction of sp³-hybridized carbons (Fsp3) is 0.385. The maximum Gasteiger partial charge on any atom is 0.257 e. The molecule has 0 saturated heterocycles. The minimum atomic E-state index is -0.859. The van der Waals surface area contributed by atoms with Crippen molar-refractivity contribution in [2.75, 3.05) is 6.54 Å². The standard InChI is InChI=1S/C13H15ClF2N2OS/c1-7(2)18(4-3-12(17)20)13(19)8-5-11(16)9(14)6-10(8)15/h5-7H,3-4H2,1-2H3,(H2,17,20). The smallest absolute Gasteiger partial charge is 0.257 e. The van der Waals surface area contributed by atoms with E-state index in [2.05, 4.69) is 0 Å². The van der Waals surface area contributed by atoms with Crippen LogP contribution in [0.4, 0.5) is 8.78 Å². The topological polar surface area (TPSA) is 46.3 Å². The van der Waals surface area contributed by atoms with Gasteiger partial charge in [-0.15, -0.1) is 0 Å². The Morgan fingerprint density at radius 2 is 2.00 bits per heavy atom. The second kappa shape index (κ2) is 6.95. The molecule has 0 radical (unpaired) electrons. The third-order valence-corrected chi connectivity index (χ3v) is 3.22. The van der Waals surface area contributed by atoms with Gasteiger partial charge >= 0.3 is 0 Å². The number of hydrogen-bond donors (Lipinski definition) is 1. The average molecular weight is 321 g/mol. The highest BCUT2D eigenvalue weighted by molar-refractivity contribution is 7.80. The lowest BCUT2D eigenvalue weighted by molar-refractivity contribution is 0.0706. The van der Waals surface area contributed by atoms with Crippen molar-refractivity contribution >= 4 is 34.7 Å². The van der Waals surface area contributed by atoms with Gasteiger partial charge in [0.2, 0.25) is 0 Å². The zero-order valence-corrected chi connectivity index (χ0v) is 12.7. The molecule has 0 atom stereocenters. The summed E-state index contributed by atoms with van der Waals surface area (Å²) >= 11 is 10.2. The molecule has 3 nitrogen and oxygen atoms in total. The number of nitrogens with zero attached hydrogens (tertiary/aromatic N) is 1. The van der Waals surface area contributed by atoms with E-state index in [0.29, 0.717) is 6.42 Å². The third kappa shape index (κ3) is 4.11. The fourth-order valence-corrected chi connectivity index (χ4v) is 1.91. The normalized spacial score (nSPS) is 10.7. The van der Waals surface area contributed by atoms with Gasteiger partial charge in [-0.25, -0.2) is 8.78 Å². The predicted molar refractivity (Wildman–Crippen MR) is 78.9 cm³/mol. The van der Waals surface area contributed by atoms with Gasteiger partial charge in [-0.1, -0.05) is 23.8 Å². The average Bonchev–Trinajstić information content (AvgIpc) is 2.32.